The van der Waals surface area contributed by atoms with Crippen molar-refractivity contribution in [2.75, 3.05) is 0 Å². The molecule has 4 aliphatic carbocycles. The number of rotatable bonds is 2. The van der Waals surface area contributed by atoms with Crippen LogP contribution in [0.3, 0.4) is 0 Å². The Hall–Kier alpha value is 1.18. The molecule has 0 aromatic carbocycles. The maximum Gasteiger partial charge on any atom is 0.0546 e. The van der Waals surface area contributed by atoms with Gasteiger partial charge in [0.25, 0.3) is 0 Å². The molecule has 4 saturated carbocycles. The van der Waals surface area contributed by atoms with Gasteiger partial charge in [-0.2, -0.15) is 0 Å². The Balaban J connectivity index is 1.62. The van der Waals surface area contributed by atoms with Crippen molar-refractivity contribution in [1.29, 1.82) is 0 Å². The van der Waals surface area contributed by atoms with E-state index in [-0.39, 0.29) is 0 Å². The summed E-state index contributed by atoms with van der Waals surface area (Å²) >= 11 is 8.17. The summed E-state index contributed by atoms with van der Waals surface area (Å²) in [5, 5.41) is 0. The topological polar surface area (TPSA) is 0 Å². The van der Waals surface area contributed by atoms with Gasteiger partial charge in [-0.25, -0.2) is 0 Å². The van der Waals surface area contributed by atoms with Crippen LogP contribution < -0.4 is 0 Å². The van der Waals surface area contributed by atoms with Crippen molar-refractivity contribution >= 4 is 39.9 Å². The van der Waals surface area contributed by atoms with Crippen molar-refractivity contribution in [2.45, 2.75) is 99.0 Å². The largest absolute Gasteiger partial charge is 0.0888 e. The third-order valence-electron chi connectivity index (χ3n) is 9.22. The normalized spacial score (nSPS) is 53.5. The number of fused-ring (bicyclic) bond motifs is 2. The molecule has 10 unspecified atom stereocenters. The smallest absolute Gasteiger partial charge is 0.0546 e. The maximum absolute atomic E-state index is 4.08. The van der Waals surface area contributed by atoms with Gasteiger partial charge in [-0.15, -0.1) is 0 Å². The van der Waals surface area contributed by atoms with Crippen molar-refractivity contribution in [3.63, 3.8) is 0 Å². The minimum Gasteiger partial charge on any atom is -0.0888 e. The van der Waals surface area contributed by atoms with E-state index in [1.54, 1.807) is 0 Å². The monoisotopic (exact) mass is 488 g/mol. The number of halogens is 2. The van der Waals surface area contributed by atoms with Crippen LogP contribution in [-0.4, -0.2) is 17.7 Å². The van der Waals surface area contributed by atoms with E-state index in [0.29, 0.717) is 0 Å². The predicted molar refractivity (Wildman–Crippen MR) is 120 cm³/mol. The van der Waals surface area contributed by atoms with E-state index in [4.69, 9.17) is 0 Å². The molecule has 0 heterocycles. The van der Waals surface area contributed by atoms with E-state index in [0.717, 1.165) is 56.2 Å². The lowest BCUT2D eigenvalue weighted by molar-refractivity contribution is 0.274. The van der Waals surface area contributed by atoms with Crippen molar-refractivity contribution in [3.05, 3.63) is 0 Å². The molecular weight excluding hydrogens is 452 g/mol. The highest BCUT2D eigenvalue weighted by Crippen LogP contribution is 2.65. The lowest BCUT2D eigenvalue weighted by atomic mass is 9.81. The average molecular weight is 490 g/mol. The van der Waals surface area contributed by atoms with Gasteiger partial charge >= 0.3 is 0 Å². The van der Waals surface area contributed by atoms with Crippen LogP contribution in [0.4, 0.5) is 0 Å². The van der Waals surface area contributed by atoms with Gasteiger partial charge in [0.2, 0.25) is 0 Å². The second-order valence-electron chi connectivity index (χ2n) is 10.8. The van der Waals surface area contributed by atoms with E-state index < -0.39 is 8.07 Å². The van der Waals surface area contributed by atoms with Gasteiger partial charge in [-0.1, -0.05) is 84.5 Å². The second-order valence-corrected chi connectivity index (χ2v) is 18.2. The summed E-state index contributed by atoms with van der Waals surface area (Å²) in [6.45, 7) is 10.9. The molecule has 0 aromatic heterocycles. The summed E-state index contributed by atoms with van der Waals surface area (Å²) in [6.07, 6.45) is 11.9. The van der Waals surface area contributed by atoms with Gasteiger partial charge < -0.3 is 0 Å². The van der Waals surface area contributed by atoms with E-state index in [9.17, 15) is 0 Å². The minimum absolute atomic E-state index is 0.818. The lowest BCUT2D eigenvalue weighted by Gasteiger charge is -2.48. The van der Waals surface area contributed by atoms with Crippen LogP contribution in [0, 0.1) is 35.5 Å². The summed E-state index contributed by atoms with van der Waals surface area (Å²) in [5.74, 6) is 6.02. The fourth-order valence-electron chi connectivity index (χ4n) is 8.81. The molecule has 4 aliphatic rings. The lowest BCUT2D eigenvalue weighted by Crippen LogP contribution is -2.47. The Labute approximate surface area is 173 Å². The SMILES string of the molecule is CC1CC2C(Br)CCCC2C1[Si](C)(C)C1C(C)CC2C(Br)CCCC21. The van der Waals surface area contributed by atoms with Gasteiger partial charge in [-0.3, -0.25) is 0 Å². The first kappa shape index (κ1) is 19.5. The molecule has 0 spiro atoms. The van der Waals surface area contributed by atoms with Crippen molar-refractivity contribution in [1.82, 2.24) is 0 Å². The van der Waals surface area contributed by atoms with Crippen LogP contribution >= 0.6 is 31.9 Å². The van der Waals surface area contributed by atoms with Crippen LogP contribution in [0.1, 0.15) is 65.2 Å². The Morgan fingerprint density at radius 3 is 1.44 bits per heavy atom. The van der Waals surface area contributed by atoms with Crippen molar-refractivity contribution < 1.29 is 0 Å². The molecule has 25 heavy (non-hydrogen) atoms. The summed E-state index contributed by atoms with van der Waals surface area (Å²) in [4.78, 5) is 1.64. The first-order valence-electron chi connectivity index (χ1n) is 11.1. The van der Waals surface area contributed by atoms with Gasteiger partial charge in [0.15, 0.2) is 0 Å². The van der Waals surface area contributed by atoms with E-state index in [1.807, 2.05) is 0 Å². The molecule has 4 rings (SSSR count). The molecule has 0 aromatic rings. The van der Waals surface area contributed by atoms with E-state index in [1.165, 1.54) is 51.4 Å². The molecular formula is C22H38Br2Si. The molecule has 10 atom stereocenters. The van der Waals surface area contributed by atoms with Gasteiger partial charge in [0.05, 0.1) is 8.07 Å². The number of hydrogen-bond donors (Lipinski definition) is 0. The molecule has 0 radical (unpaired) electrons. The molecule has 144 valence electrons. The van der Waals surface area contributed by atoms with Crippen molar-refractivity contribution in [3.8, 4) is 0 Å². The first-order valence-corrected chi connectivity index (χ1v) is 16.1. The van der Waals surface area contributed by atoms with Gasteiger partial charge in [0, 0.05) is 9.65 Å². The summed E-state index contributed by atoms with van der Waals surface area (Å²) in [6, 6.07) is 0. The van der Waals surface area contributed by atoms with Gasteiger partial charge in [-0.05, 0) is 72.3 Å². The Bertz CT molecular complexity index is 450. The Morgan fingerprint density at radius 1 is 0.640 bits per heavy atom. The van der Waals surface area contributed by atoms with E-state index >= 15 is 0 Å². The standard InChI is InChI=1S/C22H38Br2Si/c1-13-11-17-15(7-5-9-19(17)23)21(13)25(3,4)22-14(2)12-18-16(22)8-6-10-20(18)24/h13-22H,5-12H2,1-4H3. The molecule has 0 nitrogen and oxygen atoms in total. The van der Waals surface area contributed by atoms with Crippen molar-refractivity contribution in [2.24, 2.45) is 35.5 Å². The fourth-order valence-corrected chi connectivity index (χ4v) is 17.4. The zero-order valence-electron chi connectivity index (χ0n) is 16.7. The summed E-state index contributed by atoms with van der Waals surface area (Å²) < 4.78 is 0. The third-order valence-corrected chi connectivity index (χ3v) is 16.9. The predicted octanol–water partition coefficient (Wildman–Crippen LogP) is 7.87. The molecule has 0 amide bonds. The van der Waals surface area contributed by atoms with Crippen LogP contribution in [-0.2, 0) is 0 Å². The highest BCUT2D eigenvalue weighted by atomic mass is 79.9. The average Bonchev–Trinajstić information content (AvgIpc) is 3.06. The quantitative estimate of drug-likeness (QED) is 0.273. The van der Waals surface area contributed by atoms with Crippen LogP contribution in [0.15, 0.2) is 0 Å². The number of hydrogen-bond acceptors (Lipinski definition) is 0. The molecule has 0 aliphatic heterocycles. The van der Waals surface area contributed by atoms with Crippen LogP contribution in [0.5, 0.6) is 0 Å². The minimum atomic E-state index is -1.28. The molecule has 3 heteroatoms. The zero-order valence-corrected chi connectivity index (χ0v) is 20.9. The molecule has 4 fully saturated rings. The highest BCUT2D eigenvalue weighted by Gasteiger charge is 2.59. The number of alkyl halides is 2. The third kappa shape index (κ3) is 3.18. The highest BCUT2D eigenvalue weighted by molar-refractivity contribution is 9.09. The fraction of sp³-hybridized carbons (Fsp3) is 1.00. The van der Waals surface area contributed by atoms with E-state index in [2.05, 4.69) is 58.8 Å². The molecule has 0 saturated heterocycles. The van der Waals surface area contributed by atoms with Gasteiger partial charge in [0.1, 0.15) is 0 Å². The Morgan fingerprint density at radius 2 is 1.04 bits per heavy atom. The second kappa shape index (κ2) is 7.21. The maximum atomic E-state index is 4.08. The van der Waals surface area contributed by atoms with Crippen LogP contribution in [0.25, 0.3) is 0 Å². The summed E-state index contributed by atoms with van der Waals surface area (Å²) in [7, 11) is -1.28. The Kier molecular flexibility index (Phi) is 5.62. The zero-order chi connectivity index (χ0) is 17.9. The molecule has 0 N–H and O–H groups in total. The molecule has 0 bridgehead atoms. The first-order chi connectivity index (χ1) is 11.8. The van der Waals surface area contributed by atoms with Crippen LogP contribution in [0.2, 0.25) is 24.2 Å². The summed E-state index contributed by atoms with van der Waals surface area (Å²) in [5.41, 5.74) is 2.17.